The number of aromatic nitrogens is 1. The normalized spacial score (nSPS) is 20.9. The van der Waals surface area contributed by atoms with Crippen molar-refractivity contribution in [3.05, 3.63) is 54.2 Å². The Labute approximate surface area is 137 Å². The van der Waals surface area contributed by atoms with E-state index in [2.05, 4.69) is 40.6 Å². The highest BCUT2D eigenvalue weighted by atomic mass is 16.5. The minimum absolute atomic E-state index is 0.433. The zero-order valence-corrected chi connectivity index (χ0v) is 13.6. The van der Waals surface area contributed by atoms with E-state index in [1.54, 1.807) is 6.20 Å². The van der Waals surface area contributed by atoms with Crippen molar-refractivity contribution in [2.45, 2.75) is 19.3 Å². The number of pyridine rings is 1. The van der Waals surface area contributed by atoms with Gasteiger partial charge in [0.1, 0.15) is 0 Å². The second-order valence-electron chi connectivity index (χ2n) is 5.82. The molecule has 1 aliphatic rings. The molecule has 2 unspecified atom stereocenters. The van der Waals surface area contributed by atoms with Crippen LogP contribution >= 0.6 is 0 Å². The van der Waals surface area contributed by atoms with Crippen molar-refractivity contribution in [2.75, 3.05) is 26.3 Å². The van der Waals surface area contributed by atoms with Crippen LogP contribution in [0.15, 0.2) is 48.7 Å². The number of ether oxygens (including phenoxy) is 2. The molecule has 1 aromatic carbocycles. The molecule has 2 aromatic rings. The number of nitrogens with zero attached hydrogens (tertiary/aromatic N) is 1. The Morgan fingerprint density at radius 3 is 2.83 bits per heavy atom. The summed E-state index contributed by atoms with van der Waals surface area (Å²) in [6.45, 7) is 5.25. The minimum atomic E-state index is 0.433. The molecule has 4 heteroatoms. The molecular formula is C19H24N2O2. The Morgan fingerprint density at radius 2 is 2.00 bits per heavy atom. The summed E-state index contributed by atoms with van der Waals surface area (Å²) in [6.07, 6.45) is 2.88. The lowest BCUT2D eigenvalue weighted by Crippen LogP contribution is -2.38. The highest BCUT2D eigenvalue weighted by Gasteiger charge is 2.27. The van der Waals surface area contributed by atoms with Crippen LogP contribution in [0, 0.1) is 5.92 Å². The molecule has 0 amide bonds. The number of rotatable bonds is 6. The third-order valence-electron chi connectivity index (χ3n) is 4.31. The van der Waals surface area contributed by atoms with Gasteiger partial charge in [-0.1, -0.05) is 30.3 Å². The van der Waals surface area contributed by atoms with Crippen LogP contribution in [-0.4, -0.2) is 31.3 Å². The molecule has 3 rings (SSSR count). The van der Waals surface area contributed by atoms with Gasteiger partial charge in [0.05, 0.1) is 13.2 Å². The Balaban J connectivity index is 1.68. The first-order valence-electron chi connectivity index (χ1n) is 8.34. The van der Waals surface area contributed by atoms with Crippen LogP contribution in [0.5, 0.6) is 11.6 Å². The predicted octanol–water partition coefficient (Wildman–Crippen LogP) is 3.25. The maximum atomic E-state index is 6.00. The molecule has 0 aliphatic carbocycles. The van der Waals surface area contributed by atoms with Crippen molar-refractivity contribution in [3.8, 4) is 11.6 Å². The standard InChI is InChI=1S/C19H24N2O2/c1-2-22-18-9-6-11-21-19(18)23-14-16-13-20-12-10-17(16)15-7-4-3-5-8-15/h3-9,11,16-17,20H,2,10,12-14H2,1H3. The molecule has 0 bridgehead atoms. The van der Waals surface area contributed by atoms with Crippen molar-refractivity contribution in [3.63, 3.8) is 0 Å². The maximum Gasteiger partial charge on any atom is 0.256 e. The van der Waals surface area contributed by atoms with Crippen LogP contribution in [0.4, 0.5) is 0 Å². The van der Waals surface area contributed by atoms with Crippen LogP contribution in [0.3, 0.4) is 0 Å². The summed E-state index contributed by atoms with van der Waals surface area (Å²) in [7, 11) is 0. The Bertz CT molecular complexity index is 603. The fourth-order valence-corrected chi connectivity index (χ4v) is 3.17. The van der Waals surface area contributed by atoms with E-state index in [-0.39, 0.29) is 0 Å². The molecule has 4 nitrogen and oxygen atoms in total. The van der Waals surface area contributed by atoms with E-state index in [9.17, 15) is 0 Å². The van der Waals surface area contributed by atoms with E-state index < -0.39 is 0 Å². The van der Waals surface area contributed by atoms with Gasteiger partial charge in [0.2, 0.25) is 0 Å². The summed E-state index contributed by atoms with van der Waals surface area (Å²) >= 11 is 0. The van der Waals surface area contributed by atoms with E-state index in [0.29, 0.717) is 30.9 Å². The summed E-state index contributed by atoms with van der Waals surface area (Å²) in [5, 5.41) is 3.48. The Morgan fingerprint density at radius 1 is 1.13 bits per heavy atom. The van der Waals surface area contributed by atoms with Crippen LogP contribution in [0.2, 0.25) is 0 Å². The zero-order chi connectivity index (χ0) is 15.9. The lowest BCUT2D eigenvalue weighted by molar-refractivity contribution is 0.183. The predicted molar refractivity (Wildman–Crippen MR) is 91.1 cm³/mol. The molecule has 1 N–H and O–H groups in total. The molecule has 2 atom stereocenters. The summed E-state index contributed by atoms with van der Waals surface area (Å²) in [5.74, 6) is 2.26. The van der Waals surface area contributed by atoms with Crippen molar-refractivity contribution in [2.24, 2.45) is 5.92 Å². The topological polar surface area (TPSA) is 43.4 Å². The van der Waals surface area contributed by atoms with Gasteiger partial charge in [0, 0.05) is 18.7 Å². The summed E-state index contributed by atoms with van der Waals surface area (Å²) in [5.41, 5.74) is 1.40. The highest BCUT2D eigenvalue weighted by molar-refractivity contribution is 5.32. The van der Waals surface area contributed by atoms with E-state index in [1.807, 2.05) is 19.1 Å². The van der Waals surface area contributed by atoms with Gasteiger partial charge < -0.3 is 14.8 Å². The minimum Gasteiger partial charge on any atom is -0.488 e. The molecule has 0 saturated carbocycles. The highest BCUT2D eigenvalue weighted by Crippen LogP contribution is 2.31. The smallest absolute Gasteiger partial charge is 0.256 e. The SMILES string of the molecule is CCOc1cccnc1OCC1CNCCC1c1ccccc1. The monoisotopic (exact) mass is 312 g/mol. The van der Waals surface area contributed by atoms with Gasteiger partial charge in [-0.15, -0.1) is 0 Å². The van der Waals surface area contributed by atoms with Gasteiger partial charge in [0.25, 0.3) is 5.88 Å². The van der Waals surface area contributed by atoms with Crippen LogP contribution < -0.4 is 14.8 Å². The second kappa shape index (κ2) is 7.97. The van der Waals surface area contributed by atoms with Gasteiger partial charge in [-0.05, 0) is 43.5 Å². The van der Waals surface area contributed by atoms with E-state index >= 15 is 0 Å². The van der Waals surface area contributed by atoms with E-state index in [0.717, 1.165) is 25.3 Å². The first-order chi connectivity index (χ1) is 11.4. The third kappa shape index (κ3) is 4.02. The number of hydrogen-bond donors (Lipinski definition) is 1. The summed E-state index contributed by atoms with van der Waals surface area (Å²) < 4.78 is 11.6. The lowest BCUT2D eigenvalue weighted by Gasteiger charge is -2.32. The van der Waals surface area contributed by atoms with Crippen LogP contribution in [-0.2, 0) is 0 Å². The Kier molecular flexibility index (Phi) is 5.48. The number of nitrogens with one attached hydrogen (secondary N) is 1. The number of benzene rings is 1. The van der Waals surface area contributed by atoms with Crippen molar-refractivity contribution in [1.82, 2.24) is 10.3 Å². The van der Waals surface area contributed by atoms with Crippen molar-refractivity contribution >= 4 is 0 Å². The van der Waals surface area contributed by atoms with Crippen molar-refractivity contribution < 1.29 is 9.47 Å². The average molecular weight is 312 g/mol. The fraction of sp³-hybridized carbons (Fsp3) is 0.421. The lowest BCUT2D eigenvalue weighted by atomic mass is 9.81. The third-order valence-corrected chi connectivity index (χ3v) is 4.31. The molecule has 1 saturated heterocycles. The first kappa shape index (κ1) is 15.8. The molecule has 122 valence electrons. The molecule has 0 spiro atoms. The molecule has 0 radical (unpaired) electrons. The average Bonchev–Trinajstić information content (AvgIpc) is 2.62. The summed E-state index contributed by atoms with van der Waals surface area (Å²) in [4.78, 5) is 4.31. The molecule has 1 fully saturated rings. The van der Waals surface area contributed by atoms with Gasteiger partial charge >= 0.3 is 0 Å². The van der Waals surface area contributed by atoms with E-state index in [4.69, 9.17) is 9.47 Å². The van der Waals surface area contributed by atoms with Gasteiger partial charge in [0.15, 0.2) is 5.75 Å². The fourth-order valence-electron chi connectivity index (χ4n) is 3.17. The molecular weight excluding hydrogens is 288 g/mol. The van der Waals surface area contributed by atoms with Crippen LogP contribution in [0.1, 0.15) is 24.8 Å². The first-order valence-corrected chi connectivity index (χ1v) is 8.34. The quantitative estimate of drug-likeness (QED) is 0.889. The Hall–Kier alpha value is -2.07. The van der Waals surface area contributed by atoms with Crippen LogP contribution in [0.25, 0.3) is 0 Å². The molecule has 1 aromatic heterocycles. The van der Waals surface area contributed by atoms with Crippen molar-refractivity contribution in [1.29, 1.82) is 0 Å². The van der Waals surface area contributed by atoms with Gasteiger partial charge in [-0.2, -0.15) is 0 Å². The van der Waals surface area contributed by atoms with E-state index in [1.165, 1.54) is 5.56 Å². The second-order valence-corrected chi connectivity index (χ2v) is 5.82. The maximum absolute atomic E-state index is 6.00. The van der Waals surface area contributed by atoms with Gasteiger partial charge in [-0.25, -0.2) is 4.98 Å². The molecule has 2 heterocycles. The van der Waals surface area contributed by atoms with Gasteiger partial charge in [-0.3, -0.25) is 0 Å². The zero-order valence-electron chi connectivity index (χ0n) is 13.6. The molecule has 23 heavy (non-hydrogen) atoms. The largest absolute Gasteiger partial charge is 0.488 e. The number of piperidine rings is 1. The number of hydrogen-bond acceptors (Lipinski definition) is 4. The summed E-state index contributed by atoms with van der Waals surface area (Å²) in [6, 6.07) is 14.5. The molecule has 1 aliphatic heterocycles.